The molecule has 0 saturated heterocycles. The standard InChI is InChI=1S/C10H16N4O3/c1-10(2,3)17-9(15)14-13-8-11-6-5-7(12-8)16-4/h5-6H,1-4H3,(H,14,15)(H,11,12,13). The molecule has 0 aliphatic rings. The number of amides is 1. The van der Waals surface area contributed by atoms with Crippen molar-refractivity contribution in [2.75, 3.05) is 12.5 Å². The first-order valence-electron chi connectivity index (χ1n) is 5.03. The lowest BCUT2D eigenvalue weighted by Gasteiger charge is -2.19. The molecule has 2 N–H and O–H groups in total. The second kappa shape index (κ2) is 5.33. The number of anilines is 1. The molecule has 1 heterocycles. The third kappa shape index (κ3) is 5.01. The van der Waals surface area contributed by atoms with Gasteiger partial charge in [-0.05, 0) is 20.8 Å². The van der Waals surface area contributed by atoms with Gasteiger partial charge in [-0.3, -0.25) is 5.43 Å². The molecule has 0 saturated carbocycles. The Kier molecular flexibility index (Phi) is 4.08. The molecule has 1 rings (SSSR count). The van der Waals surface area contributed by atoms with Crippen LogP contribution in [0.25, 0.3) is 0 Å². The summed E-state index contributed by atoms with van der Waals surface area (Å²) in [6.45, 7) is 5.32. The zero-order valence-corrected chi connectivity index (χ0v) is 10.3. The lowest BCUT2D eigenvalue weighted by atomic mass is 10.2. The summed E-state index contributed by atoms with van der Waals surface area (Å²) in [6, 6.07) is 1.60. The Hall–Kier alpha value is -2.05. The van der Waals surface area contributed by atoms with Gasteiger partial charge in [0.15, 0.2) is 0 Å². The molecular weight excluding hydrogens is 224 g/mol. The van der Waals surface area contributed by atoms with Gasteiger partial charge in [0, 0.05) is 12.3 Å². The number of hydrogen-bond donors (Lipinski definition) is 2. The molecule has 0 fully saturated rings. The van der Waals surface area contributed by atoms with Crippen LogP contribution >= 0.6 is 0 Å². The summed E-state index contributed by atoms with van der Waals surface area (Å²) in [7, 11) is 1.49. The van der Waals surface area contributed by atoms with E-state index in [1.165, 1.54) is 13.3 Å². The quantitative estimate of drug-likeness (QED) is 0.775. The van der Waals surface area contributed by atoms with Crippen molar-refractivity contribution in [3.05, 3.63) is 12.3 Å². The van der Waals surface area contributed by atoms with Crippen LogP contribution in [0.4, 0.5) is 10.7 Å². The van der Waals surface area contributed by atoms with Gasteiger partial charge >= 0.3 is 6.09 Å². The number of hydrogen-bond acceptors (Lipinski definition) is 6. The van der Waals surface area contributed by atoms with Crippen molar-refractivity contribution >= 4 is 12.0 Å². The lowest BCUT2D eigenvalue weighted by molar-refractivity contribution is 0.0540. The normalized spacial score (nSPS) is 10.6. The highest BCUT2D eigenvalue weighted by molar-refractivity contribution is 5.69. The van der Waals surface area contributed by atoms with Gasteiger partial charge in [0.25, 0.3) is 0 Å². The van der Waals surface area contributed by atoms with Gasteiger partial charge in [0.2, 0.25) is 11.8 Å². The minimum Gasteiger partial charge on any atom is -0.481 e. The molecule has 0 aliphatic carbocycles. The average Bonchev–Trinajstić information content (AvgIpc) is 2.24. The molecule has 0 atom stereocenters. The van der Waals surface area contributed by atoms with Crippen LogP contribution in [0.3, 0.4) is 0 Å². The molecule has 1 amide bonds. The summed E-state index contributed by atoms with van der Waals surface area (Å²) >= 11 is 0. The smallest absolute Gasteiger partial charge is 0.426 e. The maximum Gasteiger partial charge on any atom is 0.426 e. The van der Waals surface area contributed by atoms with Gasteiger partial charge in [0.05, 0.1) is 7.11 Å². The number of ether oxygens (including phenoxy) is 2. The number of nitrogens with zero attached hydrogens (tertiary/aromatic N) is 2. The summed E-state index contributed by atoms with van der Waals surface area (Å²) in [5.74, 6) is 0.615. The fourth-order valence-electron chi connectivity index (χ4n) is 0.927. The molecule has 7 nitrogen and oxygen atoms in total. The van der Waals surface area contributed by atoms with E-state index in [0.717, 1.165) is 0 Å². The molecule has 17 heavy (non-hydrogen) atoms. The molecule has 1 aromatic rings. The predicted molar refractivity (Wildman–Crippen MR) is 61.6 cm³/mol. The molecule has 0 spiro atoms. The largest absolute Gasteiger partial charge is 0.481 e. The molecule has 0 bridgehead atoms. The fraction of sp³-hybridized carbons (Fsp3) is 0.500. The Morgan fingerprint density at radius 3 is 2.71 bits per heavy atom. The highest BCUT2D eigenvalue weighted by atomic mass is 16.6. The summed E-state index contributed by atoms with van der Waals surface area (Å²) < 4.78 is 9.92. The van der Waals surface area contributed by atoms with Crippen molar-refractivity contribution in [1.29, 1.82) is 0 Å². The van der Waals surface area contributed by atoms with Crippen LogP contribution in [-0.4, -0.2) is 28.8 Å². The zero-order chi connectivity index (χ0) is 12.9. The van der Waals surface area contributed by atoms with Crippen LogP contribution in [0.1, 0.15) is 20.8 Å². The van der Waals surface area contributed by atoms with Gasteiger partial charge < -0.3 is 9.47 Å². The summed E-state index contributed by atoms with van der Waals surface area (Å²) in [6.07, 6.45) is 0.897. The summed E-state index contributed by atoms with van der Waals surface area (Å²) in [5, 5.41) is 0. The number of rotatable bonds is 3. The maximum absolute atomic E-state index is 11.3. The SMILES string of the molecule is COc1ccnc(NNC(=O)OC(C)(C)C)n1. The Labute approximate surface area is 99.5 Å². The highest BCUT2D eigenvalue weighted by Gasteiger charge is 2.15. The van der Waals surface area contributed by atoms with Crippen LogP contribution in [0.2, 0.25) is 0 Å². The second-order valence-corrected chi connectivity index (χ2v) is 4.17. The third-order valence-electron chi connectivity index (χ3n) is 1.51. The molecule has 0 aliphatic heterocycles. The van der Waals surface area contributed by atoms with Crippen molar-refractivity contribution in [3.63, 3.8) is 0 Å². The van der Waals surface area contributed by atoms with Crippen LogP contribution < -0.4 is 15.6 Å². The lowest BCUT2D eigenvalue weighted by Crippen LogP contribution is -2.36. The van der Waals surface area contributed by atoms with Gasteiger partial charge in [-0.1, -0.05) is 0 Å². The predicted octanol–water partition coefficient (Wildman–Crippen LogP) is 1.34. The van der Waals surface area contributed by atoms with E-state index >= 15 is 0 Å². The first kappa shape index (κ1) is 13.0. The van der Waals surface area contributed by atoms with Crippen LogP contribution in [-0.2, 0) is 4.74 Å². The van der Waals surface area contributed by atoms with Crippen molar-refractivity contribution < 1.29 is 14.3 Å². The summed E-state index contributed by atoms with van der Waals surface area (Å²) in [4.78, 5) is 19.1. The second-order valence-electron chi connectivity index (χ2n) is 4.17. The van der Waals surface area contributed by atoms with Crippen molar-refractivity contribution in [1.82, 2.24) is 15.4 Å². The van der Waals surface area contributed by atoms with E-state index in [0.29, 0.717) is 5.88 Å². The molecule has 0 unspecified atom stereocenters. The number of nitrogens with one attached hydrogen (secondary N) is 2. The third-order valence-corrected chi connectivity index (χ3v) is 1.51. The Morgan fingerprint density at radius 1 is 1.41 bits per heavy atom. The first-order chi connectivity index (χ1) is 7.90. The Bertz CT molecular complexity index is 389. The first-order valence-corrected chi connectivity index (χ1v) is 5.03. The van der Waals surface area contributed by atoms with Crippen LogP contribution in [0, 0.1) is 0 Å². The molecular formula is C10H16N4O3. The fourth-order valence-corrected chi connectivity index (χ4v) is 0.927. The molecule has 0 radical (unpaired) electrons. The number of carbonyl (C=O) groups is 1. The van der Waals surface area contributed by atoms with Crippen molar-refractivity contribution in [2.45, 2.75) is 26.4 Å². The minimum atomic E-state index is -0.607. The maximum atomic E-state index is 11.3. The van der Waals surface area contributed by atoms with Gasteiger partial charge in [-0.15, -0.1) is 0 Å². The van der Waals surface area contributed by atoms with Gasteiger partial charge in [-0.25, -0.2) is 15.2 Å². The van der Waals surface area contributed by atoms with E-state index in [9.17, 15) is 4.79 Å². The molecule has 7 heteroatoms. The van der Waals surface area contributed by atoms with E-state index in [2.05, 4.69) is 20.8 Å². The monoisotopic (exact) mass is 240 g/mol. The van der Waals surface area contributed by atoms with Crippen LogP contribution in [0.5, 0.6) is 5.88 Å². The Balaban J connectivity index is 2.47. The average molecular weight is 240 g/mol. The number of hydrazine groups is 1. The van der Waals surface area contributed by atoms with Crippen molar-refractivity contribution in [3.8, 4) is 5.88 Å². The topological polar surface area (TPSA) is 85.4 Å². The zero-order valence-electron chi connectivity index (χ0n) is 10.3. The molecule has 1 aromatic heterocycles. The number of aromatic nitrogens is 2. The van der Waals surface area contributed by atoms with Gasteiger partial charge in [0.1, 0.15) is 5.60 Å². The van der Waals surface area contributed by atoms with E-state index in [-0.39, 0.29) is 5.95 Å². The molecule has 94 valence electrons. The van der Waals surface area contributed by atoms with E-state index in [1.54, 1.807) is 26.8 Å². The molecule has 0 aromatic carbocycles. The van der Waals surface area contributed by atoms with Gasteiger partial charge in [-0.2, -0.15) is 4.98 Å². The van der Waals surface area contributed by atoms with Crippen molar-refractivity contribution in [2.24, 2.45) is 0 Å². The van der Waals surface area contributed by atoms with E-state index < -0.39 is 11.7 Å². The number of carbonyl (C=O) groups excluding carboxylic acids is 1. The van der Waals surface area contributed by atoms with E-state index in [4.69, 9.17) is 9.47 Å². The highest BCUT2D eigenvalue weighted by Crippen LogP contribution is 2.08. The van der Waals surface area contributed by atoms with Crippen LogP contribution in [0.15, 0.2) is 12.3 Å². The van der Waals surface area contributed by atoms with E-state index in [1.807, 2.05) is 0 Å². The minimum absolute atomic E-state index is 0.218. The summed E-state index contributed by atoms with van der Waals surface area (Å²) in [5.41, 5.74) is 4.28. The Morgan fingerprint density at radius 2 is 2.12 bits per heavy atom. The number of methoxy groups -OCH3 is 1.